The summed E-state index contributed by atoms with van der Waals surface area (Å²) in [5, 5.41) is 2.56. The maximum Gasteiger partial charge on any atom is 0.0904 e. The highest BCUT2D eigenvalue weighted by atomic mass is 15.0. The van der Waals surface area contributed by atoms with Gasteiger partial charge in [-0.2, -0.15) is 0 Å². The highest BCUT2D eigenvalue weighted by molar-refractivity contribution is 4.91. The first kappa shape index (κ1) is 8.52. The Morgan fingerprint density at radius 2 is 2.00 bits per heavy atom. The van der Waals surface area contributed by atoms with Crippen molar-refractivity contribution >= 4 is 0 Å². The number of hydrogen-bond donors (Lipinski definition) is 2. The van der Waals surface area contributed by atoms with Crippen molar-refractivity contribution in [2.75, 3.05) is 0 Å². The Morgan fingerprint density at radius 1 is 1.25 bits per heavy atom. The predicted molar refractivity (Wildman–Crippen MR) is 49.7 cm³/mol. The molecule has 0 radical (unpaired) electrons. The molecule has 0 amide bonds. The van der Waals surface area contributed by atoms with Crippen molar-refractivity contribution < 1.29 is 5.32 Å². The third kappa shape index (κ3) is 1.17. The molecule has 70 valence electrons. The van der Waals surface area contributed by atoms with Gasteiger partial charge in [0.2, 0.25) is 0 Å². The number of nitrogens with two attached hydrogens (primary N) is 2. The fraction of sp³-hybridized carbons (Fsp3) is 1.00. The van der Waals surface area contributed by atoms with Crippen LogP contribution in [0.5, 0.6) is 0 Å². The highest BCUT2D eigenvalue weighted by Gasteiger charge is 2.44. The molecule has 4 N–H and O–H groups in total. The first-order valence-electron chi connectivity index (χ1n) is 5.30. The fourth-order valence-electron chi connectivity index (χ4n) is 3.04. The van der Waals surface area contributed by atoms with Gasteiger partial charge in [0, 0.05) is 17.9 Å². The lowest BCUT2D eigenvalue weighted by molar-refractivity contribution is -0.738. The summed E-state index contributed by atoms with van der Waals surface area (Å²) in [6, 6.07) is 2.06. The zero-order valence-electron chi connectivity index (χ0n) is 8.16. The molecule has 12 heavy (non-hydrogen) atoms. The van der Waals surface area contributed by atoms with Gasteiger partial charge in [-0.15, -0.1) is 0 Å². The van der Waals surface area contributed by atoms with Crippen LogP contribution in [0.2, 0.25) is 0 Å². The van der Waals surface area contributed by atoms with Gasteiger partial charge in [-0.25, -0.2) is 0 Å². The van der Waals surface area contributed by atoms with E-state index in [2.05, 4.69) is 19.2 Å². The van der Waals surface area contributed by atoms with Gasteiger partial charge in [0.1, 0.15) is 0 Å². The second-order valence-electron chi connectivity index (χ2n) is 4.75. The summed E-state index contributed by atoms with van der Waals surface area (Å²) < 4.78 is 0. The fourth-order valence-corrected chi connectivity index (χ4v) is 3.04. The van der Waals surface area contributed by atoms with Crippen LogP contribution in [0.15, 0.2) is 0 Å². The molecule has 0 aromatic heterocycles. The summed E-state index contributed by atoms with van der Waals surface area (Å²) in [5.74, 6) is 1.51. The maximum absolute atomic E-state index is 6.23. The van der Waals surface area contributed by atoms with Gasteiger partial charge in [0.25, 0.3) is 0 Å². The normalized spacial score (nSPS) is 53.8. The SMILES string of the molecule is CC1[NH2+]C2CCCC2C(N)C1C. The molecule has 1 aliphatic carbocycles. The predicted octanol–water partition coefficient (Wildman–Crippen LogP) is 0.0840. The topological polar surface area (TPSA) is 42.6 Å². The molecule has 1 heterocycles. The Morgan fingerprint density at radius 3 is 2.75 bits per heavy atom. The molecule has 2 fully saturated rings. The summed E-state index contributed by atoms with van der Waals surface area (Å²) >= 11 is 0. The van der Waals surface area contributed by atoms with Gasteiger partial charge in [-0.3, -0.25) is 0 Å². The summed E-state index contributed by atoms with van der Waals surface area (Å²) in [4.78, 5) is 0. The van der Waals surface area contributed by atoms with Crippen LogP contribution in [-0.2, 0) is 0 Å². The minimum Gasteiger partial charge on any atom is -0.341 e. The molecule has 2 rings (SSSR count). The van der Waals surface area contributed by atoms with E-state index in [9.17, 15) is 0 Å². The Balaban J connectivity index is 2.10. The molecule has 2 heteroatoms. The van der Waals surface area contributed by atoms with Crippen molar-refractivity contribution in [3.8, 4) is 0 Å². The summed E-state index contributed by atoms with van der Waals surface area (Å²) in [6.45, 7) is 4.62. The van der Waals surface area contributed by atoms with E-state index >= 15 is 0 Å². The molecule has 0 spiro atoms. The summed E-state index contributed by atoms with van der Waals surface area (Å²) in [6.07, 6.45) is 4.17. The Hall–Kier alpha value is -0.0800. The molecule has 1 saturated carbocycles. The average molecular weight is 169 g/mol. The quantitative estimate of drug-likeness (QED) is 0.530. The zero-order valence-corrected chi connectivity index (χ0v) is 8.16. The average Bonchev–Trinajstić information content (AvgIpc) is 2.48. The standard InChI is InChI=1S/C10H20N2/c1-6-7(2)12-9-5-3-4-8(9)10(6)11/h6-10,12H,3-5,11H2,1-2H3/p+1. The number of fused-ring (bicyclic) bond motifs is 1. The van der Waals surface area contributed by atoms with Gasteiger partial charge in [-0.05, 0) is 26.2 Å². The second-order valence-corrected chi connectivity index (χ2v) is 4.75. The van der Waals surface area contributed by atoms with Crippen LogP contribution in [0.1, 0.15) is 33.1 Å². The lowest BCUT2D eigenvalue weighted by Crippen LogP contribution is -2.99. The van der Waals surface area contributed by atoms with Crippen LogP contribution in [0.25, 0.3) is 0 Å². The van der Waals surface area contributed by atoms with E-state index < -0.39 is 0 Å². The third-order valence-corrected chi connectivity index (χ3v) is 4.11. The molecular weight excluding hydrogens is 148 g/mol. The maximum atomic E-state index is 6.23. The van der Waals surface area contributed by atoms with Gasteiger partial charge in [0.15, 0.2) is 0 Å². The molecule has 2 nitrogen and oxygen atoms in total. The molecule has 5 atom stereocenters. The number of quaternary nitrogens is 1. The van der Waals surface area contributed by atoms with E-state index in [-0.39, 0.29) is 0 Å². The molecule has 1 saturated heterocycles. The minimum atomic E-state index is 0.470. The summed E-state index contributed by atoms with van der Waals surface area (Å²) in [7, 11) is 0. The number of rotatable bonds is 0. The van der Waals surface area contributed by atoms with E-state index in [0.717, 1.165) is 18.0 Å². The minimum absolute atomic E-state index is 0.470. The summed E-state index contributed by atoms with van der Waals surface area (Å²) in [5.41, 5.74) is 6.23. The Bertz CT molecular complexity index is 169. The van der Waals surface area contributed by atoms with E-state index in [0.29, 0.717) is 12.0 Å². The van der Waals surface area contributed by atoms with Crippen LogP contribution in [0.4, 0.5) is 0 Å². The van der Waals surface area contributed by atoms with Gasteiger partial charge >= 0.3 is 0 Å². The van der Waals surface area contributed by atoms with Crippen molar-refractivity contribution in [1.29, 1.82) is 0 Å². The number of piperidine rings is 1. The van der Waals surface area contributed by atoms with Gasteiger partial charge < -0.3 is 11.1 Å². The van der Waals surface area contributed by atoms with Crippen LogP contribution >= 0.6 is 0 Å². The molecule has 1 aliphatic heterocycles. The van der Waals surface area contributed by atoms with Crippen molar-refractivity contribution in [2.24, 2.45) is 17.6 Å². The second kappa shape index (κ2) is 3.00. The van der Waals surface area contributed by atoms with Crippen molar-refractivity contribution in [3.05, 3.63) is 0 Å². The van der Waals surface area contributed by atoms with E-state index in [4.69, 9.17) is 5.73 Å². The van der Waals surface area contributed by atoms with E-state index in [1.165, 1.54) is 19.3 Å². The molecular formula is C10H21N2+. The first-order chi connectivity index (χ1) is 5.70. The first-order valence-corrected chi connectivity index (χ1v) is 5.30. The smallest absolute Gasteiger partial charge is 0.0904 e. The largest absolute Gasteiger partial charge is 0.341 e. The van der Waals surface area contributed by atoms with Crippen LogP contribution in [0, 0.1) is 11.8 Å². The molecule has 0 aromatic rings. The Kier molecular flexibility index (Phi) is 2.13. The highest BCUT2D eigenvalue weighted by Crippen LogP contribution is 2.31. The molecule has 5 unspecified atom stereocenters. The van der Waals surface area contributed by atoms with Crippen molar-refractivity contribution in [2.45, 2.75) is 51.2 Å². The van der Waals surface area contributed by atoms with Crippen molar-refractivity contribution in [1.82, 2.24) is 0 Å². The van der Waals surface area contributed by atoms with Crippen LogP contribution in [0.3, 0.4) is 0 Å². The van der Waals surface area contributed by atoms with E-state index in [1.54, 1.807) is 0 Å². The molecule has 2 aliphatic rings. The lowest BCUT2D eigenvalue weighted by atomic mass is 9.79. The van der Waals surface area contributed by atoms with Gasteiger partial charge in [-0.1, -0.05) is 6.92 Å². The van der Waals surface area contributed by atoms with Crippen molar-refractivity contribution in [3.63, 3.8) is 0 Å². The number of hydrogen-bond acceptors (Lipinski definition) is 1. The Labute approximate surface area is 74.9 Å². The molecule has 0 bridgehead atoms. The zero-order chi connectivity index (χ0) is 8.72. The monoisotopic (exact) mass is 169 g/mol. The van der Waals surface area contributed by atoms with Gasteiger partial charge in [0.05, 0.1) is 12.1 Å². The van der Waals surface area contributed by atoms with Crippen LogP contribution in [-0.4, -0.2) is 18.1 Å². The van der Waals surface area contributed by atoms with Crippen LogP contribution < -0.4 is 11.1 Å². The lowest BCUT2D eigenvalue weighted by Gasteiger charge is -2.38. The van der Waals surface area contributed by atoms with E-state index in [1.807, 2.05) is 0 Å². The molecule has 0 aromatic carbocycles. The third-order valence-electron chi connectivity index (χ3n) is 4.11.